The van der Waals surface area contributed by atoms with Crippen molar-refractivity contribution in [3.05, 3.63) is 66.5 Å². The van der Waals surface area contributed by atoms with Crippen molar-refractivity contribution in [3.8, 4) is 5.69 Å². The predicted molar refractivity (Wildman–Crippen MR) is 101 cm³/mol. The Labute approximate surface area is 161 Å². The van der Waals surface area contributed by atoms with Crippen LogP contribution in [-0.2, 0) is 25.1 Å². The minimum Gasteiger partial charge on any atom is -0.468 e. The van der Waals surface area contributed by atoms with Crippen molar-refractivity contribution in [2.45, 2.75) is 15.8 Å². The summed E-state index contributed by atoms with van der Waals surface area (Å²) in [5.74, 6) is -0.386. The average molecular weight is 403 g/mol. The number of methoxy groups -OCH3 is 1. The topological polar surface area (TPSA) is 91.2 Å². The van der Waals surface area contributed by atoms with Crippen molar-refractivity contribution in [2.24, 2.45) is 0 Å². The van der Waals surface area contributed by atoms with Gasteiger partial charge in [-0.25, -0.2) is 8.42 Å². The molecular weight excluding hydrogens is 386 g/mol. The highest BCUT2D eigenvalue weighted by Crippen LogP contribution is 2.24. The quantitative estimate of drug-likeness (QED) is 0.442. The van der Waals surface area contributed by atoms with Crippen molar-refractivity contribution in [2.75, 3.05) is 12.9 Å². The second-order valence-corrected chi connectivity index (χ2v) is 8.44. The van der Waals surface area contributed by atoms with Crippen LogP contribution in [-0.4, -0.2) is 42.0 Å². The molecule has 1 aromatic heterocycles. The third-order valence-electron chi connectivity index (χ3n) is 3.68. The van der Waals surface area contributed by atoms with Crippen molar-refractivity contribution < 1.29 is 17.9 Å². The van der Waals surface area contributed by atoms with E-state index in [1.807, 2.05) is 30.3 Å². The van der Waals surface area contributed by atoms with Gasteiger partial charge >= 0.3 is 5.97 Å². The molecule has 0 atom stereocenters. The van der Waals surface area contributed by atoms with Crippen LogP contribution in [0, 0.1) is 0 Å². The van der Waals surface area contributed by atoms with Gasteiger partial charge in [0.05, 0.1) is 17.8 Å². The van der Waals surface area contributed by atoms with Crippen LogP contribution in [0.3, 0.4) is 0 Å². The van der Waals surface area contributed by atoms with Crippen LogP contribution in [0.15, 0.2) is 70.7 Å². The molecular formula is C18H17N3O4S2. The lowest BCUT2D eigenvalue weighted by Gasteiger charge is -2.10. The summed E-state index contributed by atoms with van der Waals surface area (Å²) in [5, 5.41) is 8.57. The van der Waals surface area contributed by atoms with E-state index in [1.165, 1.54) is 7.11 Å². The summed E-state index contributed by atoms with van der Waals surface area (Å²) < 4.78 is 31.8. The number of benzene rings is 2. The first kappa shape index (κ1) is 19.1. The Morgan fingerprint density at radius 3 is 2.30 bits per heavy atom. The maximum Gasteiger partial charge on any atom is 0.316 e. The van der Waals surface area contributed by atoms with Gasteiger partial charge in [-0.2, -0.15) is 0 Å². The van der Waals surface area contributed by atoms with E-state index in [2.05, 4.69) is 14.9 Å². The summed E-state index contributed by atoms with van der Waals surface area (Å²) in [7, 11) is -2.28. The Morgan fingerprint density at radius 1 is 1.04 bits per heavy atom. The fourth-order valence-corrected chi connectivity index (χ4v) is 4.46. The lowest BCUT2D eigenvalue weighted by atomic mass is 10.3. The highest BCUT2D eigenvalue weighted by molar-refractivity contribution is 7.99. The monoisotopic (exact) mass is 403 g/mol. The number of hydrogen-bond acceptors (Lipinski definition) is 7. The molecule has 0 amide bonds. The minimum absolute atomic E-state index is 0.0485. The molecule has 0 fully saturated rings. The predicted octanol–water partition coefficient (Wildman–Crippen LogP) is 2.51. The van der Waals surface area contributed by atoms with E-state index in [9.17, 15) is 13.2 Å². The standard InChI is InChI=1S/C18H17N3O4S2/c1-25-17(22)12-26-18-20-19-16(21(18)14-8-4-2-5-9-14)13-27(23,24)15-10-6-3-7-11-15/h2-11H,12-13H2,1H3. The molecule has 1 heterocycles. The number of para-hydroxylation sites is 1. The molecule has 0 aliphatic heterocycles. The molecule has 0 saturated carbocycles. The molecule has 0 bridgehead atoms. The van der Waals surface area contributed by atoms with Crippen LogP contribution in [0.5, 0.6) is 0 Å². The maximum atomic E-state index is 12.7. The van der Waals surface area contributed by atoms with Gasteiger partial charge in [-0.1, -0.05) is 48.2 Å². The lowest BCUT2D eigenvalue weighted by molar-refractivity contribution is -0.137. The third kappa shape index (κ3) is 4.55. The number of sulfone groups is 1. The summed E-state index contributed by atoms with van der Waals surface area (Å²) in [4.78, 5) is 11.7. The molecule has 2 aromatic carbocycles. The van der Waals surface area contributed by atoms with E-state index in [4.69, 9.17) is 0 Å². The summed E-state index contributed by atoms with van der Waals surface area (Å²) >= 11 is 1.14. The Kier molecular flexibility index (Phi) is 5.92. The van der Waals surface area contributed by atoms with E-state index in [1.54, 1.807) is 34.9 Å². The van der Waals surface area contributed by atoms with Gasteiger partial charge in [-0.15, -0.1) is 10.2 Å². The van der Waals surface area contributed by atoms with Gasteiger partial charge in [-0.3, -0.25) is 9.36 Å². The van der Waals surface area contributed by atoms with Crippen molar-refractivity contribution in [1.29, 1.82) is 0 Å². The number of nitrogens with zero attached hydrogens (tertiary/aromatic N) is 3. The molecule has 0 unspecified atom stereocenters. The van der Waals surface area contributed by atoms with Crippen LogP contribution in [0.1, 0.15) is 5.82 Å². The highest BCUT2D eigenvalue weighted by atomic mass is 32.2. The average Bonchev–Trinajstić information content (AvgIpc) is 3.09. The molecule has 0 spiro atoms. The first-order valence-corrected chi connectivity index (χ1v) is 10.6. The zero-order valence-electron chi connectivity index (χ0n) is 14.5. The largest absolute Gasteiger partial charge is 0.468 e. The molecule has 7 nitrogen and oxygen atoms in total. The summed E-state index contributed by atoms with van der Waals surface area (Å²) in [6.07, 6.45) is 0. The van der Waals surface area contributed by atoms with E-state index in [-0.39, 0.29) is 22.2 Å². The van der Waals surface area contributed by atoms with Crippen LogP contribution in [0.2, 0.25) is 0 Å². The first-order valence-electron chi connectivity index (χ1n) is 7.98. The number of carbonyl (C=O) groups excluding carboxylic acids is 1. The fraction of sp³-hybridized carbons (Fsp3) is 0.167. The molecule has 3 aromatic rings. The number of aromatic nitrogens is 3. The normalized spacial score (nSPS) is 11.3. The second-order valence-electron chi connectivity index (χ2n) is 5.51. The molecule has 9 heteroatoms. The molecule has 27 heavy (non-hydrogen) atoms. The van der Waals surface area contributed by atoms with Crippen LogP contribution in [0.25, 0.3) is 5.69 Å². The van der Waals surface area contributed by atoms with Gasteiger partial charge in [0.2, 0.25) is 0 Å². The van der Waals surface area contributed by atoms with Crippen LogP contribution in [0.4, 0.5) is 0 Å². The SMILES string of the molecule is COC(=O)CSc1nnc(CS(=O)(=O)c2ccccc2)n1-c1ccccc1. The third-order valence-corrected chi connectivity index (χ3v) is 6.21. The number of carbonyl (C=O) groups is 1. The van der Waals surface area contributed by atoms with E-state index < -0.39 is 15.8 Å². The molecule has 140 valence electrons. The smallest absolute Gasteiger partial charge is 0.316 e. The number of thioether (sulfide) groups is 1. The first-order chi connectivity index (χ1) is 13.0. The molecule has 0 radical (unpaired) electrons. The zero-order valence-corrected chi connectivity index (χ0v) is 16.1. The molecule has 3 rings (SSSR count). The minimum atomic E-state index is -3.59. The number of rotatable bonds is 7. The molecule has 0 N–H and O–H groups in total. The van der Waals surface area contributed by atoms with Gasteiger partial charge in [0, 0.05) is 5.69 Å². The van der Waals surface area contributed by atoms with Gasteiger partial charge in [0.15, 0.2) is 20.8 Å². The fourth-order valence-electron chi connectivity index (χ4n) is 2.39. The Morgan fingerprint density at radius 2 is 1.67 bits per heavy atom. The summed E-state index contributed by atoms with van der Waals surface area (Å²) in [5.41, 5.74) is 0.716. The highest BCUT2D eigenvalue weighted by Gasteiger charge is 2.22. The maximum absolute atomic E-state index is 12.7. The van der Waals surface area contributed by atoms with Gasteiger partial charge < -0.3 is 4.74 Å². The molecule has 0 aliphatic carbocycles. The van der Waals surface area contributed by atoms with Gasteiger partial charge in [0.25, 0.3) is 0 Å². The summed E-state index contributed by atoms with van der Waals surface area (Å²) in [6, 6.07) is 17.4. The molecule has 0 saturated heterocycles. The zero-order chi connectivity index (χ0) is 19.3. The second kappa shape index (κ2) is 8.36. The van der Waals surface area contributed by atoms with Crippen LogP contribution >= 0.6 is 11.8 Å². The number of ether oxygens (including phenoxy) is 1. The lowest BCUT2D eigenvalue weighted by Crippen LogP contribution is -2.11. The van der Waals surface area contributed by atoms with Crippen molar-refractivity contribution >= 4 is 27.6 Å². The Balaban J connectivity index is 1.98. The molecule has 0 aliphatic rings. The van der Waals surface area contributed by atoms with Crippen molar-refractivity contribution in [1.82, 2.24) is 14.8 Å². The Hall–Kier alpha value is -2.65. The number of esters is 1. The van der Waals surface area contributed by atoms with E-state index >= 15 is 0 Å². The van der Waals surface area contributed by atoms with Gasteiger partial charge in [0.1, 0.15) is 5.75 Å². The summed E-state index contributed by atoms with van der Waals surface area (Å²) in [6.45, 7) is 0. The van der Waals surface area contributed by atoms with E-state index in [0.29, 0.717) is 10.8 Å². The van der Waals surface area contributed by atoms with Crippen molar-refractivity contribution in [3.63, 3.8) is 0 Å². The van der Waals surface area contributed by atoms with E-state index in [0.717, 1.165) is 11.8 Å². The number of hydrogen-bond donors (Lipinski definition) is 0. The van der Waals surface area contributed by atoms with Crippen LogP contribution < -0.4 is 0 Å². The van der Waals surface area contributed by atoms with Gasteiger partial charge in [-0.05, 0) is 24.3 Å². The Bertz CT molecular complexity index is 1020.